The van der Waals surface area contributed by atoms with Crippen molar-refractivity contribution in [2.45, 2.75) is 19.3 Å². The molecule has 2 aromatic rings. The lowest BCUT2D eigenvalue weighted by molar-refractivity contribution is -0.274. The molecule has 0 unspecified atom stereocenters. The van der Waals surface area contributed by atoms with Gasteiger partial charge in [0.2, 0.25) is 5.91 Å². The number of hydrogen-bond acceptors (Lipinski definition) is 3. The highest BCUT2D eigenvalue weighted by atomic mass is 35.5. The topological polar surface area (TPSA) is 50.4 Å². The molecule has 0 fully saturated rings. The molecule has 0 saturated heterocycles. The fourth-order valence-electron chi connectivity index (χ4n) is 1.90. The number of ether oxygens (including phenoxy) is 1. The maximum absolute atomic E-state index is 13.7. The maximum atomic E-state index is 13.7. The van der Waals surface area contributed by atoms with Crippen molar-refractivity contribution in [3.8, 4) is 5.75 Å². The van der Waals surface area contributed by atoms with Gasteiger partial charge >= 0.3 is 6.36 Å². The maximum Gasteiger partial charge on any atom is 0.573 e. The van der Waals surface area contributed by atoms with E-state index in [-0.39, 0.29) is 16.5 Å². The lowest BCUT2D eigenvalue weighted by Crippen LogP contribution is -2.32. The van der Waals surface area contributed by atoms with Gasteiger partial charge in [0.25, 0.3) is 0 Å². The molecule has 4 nitrogen and oxygen atoms in total. The van der Waals surface area contributed by atoms with Crippen LogP contribution in [0.25, 0.3) is 0 Å². The minimum atomic E-state index is -4.77. The van der Waals surface area contributed by atoms with Gasteiger partial charge in [0, 0.05) is 10.7 Å². The van der Waals surface area contributed by atoms with Gasteiger partial charge in [-0.25, -0.2) is 4.39 Å². The third-order valence-electron chi connectivity index (χ3n) is 3.05. The van der Waals surface area contributed by atoms with Crippen LogP contribution in [-0.4, -0.2) is 18.3 Å². The van der Waals surface area contributed by atoms with E-state index in [4.69, 9.17) is 11.6 Å². The quantitative estimate of drug-likeness (QED) is 0.736. The van der Waals surface area contributed by atoms with Crippen LogP contribution in [0.15, 0.2) is 42.5 Å². The predicted octanol–water partition coefficient (Wildman–Crippen LogP) is 4.82. The first kappa shape index (κ1) is 18.9. The number of benzene rings is 2. The molecule has 2 aromatic carbocycles. The number of rotatable bonds is 5. The molecule has 0 heterocycles. The van der Waals surface area contributed by atoms with Crippen molar-refractivity contribution in [1.29, 1.82) is 0 Å². The van der Waals surface area contributed by atoms with Crippen molar-refractivity contribution in [2.75, 3.05) is 10.6 Å². The molecule has 0 aliphatic heterocycles. The summed E-state index contributed by atoms with van der Waals surface area (Å²) in [5.41, 5.74) is 0.366. The Morgan fingerprint density at radius 1 is 1.16 bits per heavy atom. The van der Waals surface area contributed by atoms with Gasteiger partial charge in [-0.3, -0.25) is 4.79 Å². The number of nitrogens with one attached hydrogen (secondary N) is 2. The molecule has 2 N–H and O–H groups in total. The van der Waals surface area contributed by atoms with Crippen molar-refractivity contribution in [3.63, 3.8) is 0 Å². The summed E-state index contributed by atoms with van der Waals surface area (Å²) in [6.45, 7) is 1.52. The number of hydrogen-bond donors (Lipinski definition) is 2. The minimum absolute atomic E-state index is 0.0306. The number of anilines is 2. The number of amides is 1. The van der Waals surface area contributed by atoms with Crippen LogP contribution in [0.4, 0.5) is 28.9 Å². The summed E-state index contributed by atoms with van der Waals surface area (Å²) in [6, 6.07) is 7.92. The van der Waals surface area contributed by atoms with Gasteiger partial charge in [-0.05, 0) is 49.4 Å². The van der Waals surface area contributed by atoms with E-state index in [0.29, 0.717) is 5.69 Å². The van der Waals surface area contributed by atoms with E-state index in [1.165, 1.54) is 31.2 Å². The largest absolute Gasteiger partial charge is 0.573 e. The molecule has 0 aliphatic rings. The Balaban J connectivity index is 1.96. The number of halogens is 5. The molecule has 1 atom stereocenters. The molecular formula is C16H13ClF4N2O2. The highest BCUT2D eigenvalue weighted by molar-refractivity contribution is 6.30. The SMILES string of the molecule is C[C@H](Nc1ccc(OC(F)(F)F)cc1)C(=O)Nc1ccc(Cl)cc1F. The van der Waals surface area contributed by atoms with Crippen LogP contribution >= 0.6 is 11.6 Å². The summed E-state index contributed by atoms with van der Waals surface area (Å²) in [7, 11) is 0. The zero-order chi connectivity index (χ0) is 18.6. The van der Waals surface area contributed by atoms with E-state index in [1.54, 1.807) is 0 Å². The number of carbonyl (C=O) groups excluding carboxylic acids is 1. The number of carbonyl (C=O) groups is 1. The third kappa shape index (κ3) is 5.82. The standard InChI is InChI=1S/C16H13ClF4N2O2/c1-9(15(24)23-14-7-2-10(17)8-13(14)18)22-11-3-5-12(6-4-11)25-16(19,20)21/h2-9,22H,1H3,(H,23,24)/t9-/m0/s1. The van der Waals surface area contributed by atoms with Gasteiger partial charge in [-0.2, -0.15) is 0 Å². The minimum Gasteiger partial charge on any atom is -0.406 e. The summed E-state index contributed by atoms with van der Waals surface area (Å²) in [4.78, 5) is 12.1. The fourth-order valence-corrected chi connectivity index (χ4v) is 2.06. The van der Waals surface area contributed by atoms with Crippen LogP contribution in [0, 0.1) is 5.82 Å². The predicted molar refractivity (Wildman–Crippen MR) is 86.2 cm³/mol. The monoisotopic (exact) mass is 376 g/mol. The third-order valence-corrected chi connectivity index (χ3v) is 3.29. The first-order valence-corrected chi connectivity index (χ1v) is 7.40. The Labute approximate surface area is 145 Å². The molecule has 25 heavy (non-hydrogen) atoms. The van der Waals surface area contributed by atoms with E-state index in [2.05, 4.69) is 15.4 Å². The smallest absolute Gasteiger partial charge is 0.406 e. The van der Waals surface area contributed by atoms with Crippen molar-refractivity contribution in [2.24, 2.45) is 0 Å². The molecular weight excluding hydrogens is 364 g/mol. The number of alkyl halides is 3. The van der Waals surface area contributed by atoms with Crippen molar-refractivity contribution in [1.82, 2.24) is 0 Å². The van der Waals surface area contributed by atoms with Gasteiger partial charge in [-0.1, -0.05) is 11.6 Å². The summed E-state index contributed by atoms with van der Waals surface area (Å²) in [6.07, 6.45) is -4.77. The molecule has 1 amide bonds. The first-order chi connectivity index (χ1) is 11.6. The van der Waals surface area contributed by atoms with E-state index in [9.17, 15) is 22.4 Å². The molecule has 0 radical (unpaired) electrons. The Bertz CT molecular complexity index is 751. The summed E-state index contributed by atoms with van der Waals surface area (Å²) >= 11 is 5.63. The first-order valence-electron chi connectivity index (χ1n) is 7.02. The van der Waals surface area contributed by atoms with Gasteiger partial charge in [-0.15, -0.1) is 13.2 Å². The van der Waals surface area contributed by atoms with Crippen molar-refractivity contribution < 1.29 is 27.1 Å². The van der Waals surface area contributed by atoms with Gasteiger partial charge in [0.1, 0.15) is 17.6 Å². The molecule has 0 bridgehead atoms. The van der Waals surface area contributed by atoms with Crippen LogP contribution in [0.5, 0.6) is 5.75 Å². The normalized spacial score (nSPS) is 12.4. The second-order valence-corrected chi connectivity index (χ2v) is 5.49. The Morgan fingerprint density at radius 3 is 2.36 bits per heavy atom. The Morgan fingerprint density at radius 2 is 1.80 bits per heavy atom. The second kappa shape index (κ2) is 7.60. The van der Waals surface area contributed by atoms with Crippen molar-refractivity contribution in [3.05, 3.63) is 53.3 Å². The molecule has 2 rings (SSSR count). The van der Waals surface area contributed by atoms with Crippen LogP contribution in [-0.2, 0) is 4.79 Å². The molecule has 0 spiro atoms. The zero-order valence-electron chi connectivity index (χ0n) is 12.8. The van der Waals surface area contributed by atoms with Gasteiger partial charge < -0.3 is 15.4 Å². The zero-order valence-corrected chi connectivity index (χ0v) is 13.6. The lowest BCUT2D eigenvalue weighted by Gasteiger charge is -2.16. The second-order valence-electron chi connectivity index (χ2n) is 5.05. The van der Waals surface area contributed by atoms with Crippen LogP contribution in [0.2, 0.25) is 5.02 Å². The van der Waals surface area contributed by atoms with Crippen molar-refractivity contribution >= 4 is 28.9 Å². The molecule has 134 valence electrons. The molecule has 9 heteroatoms. The van der Waals surface area contributed by atoms with Crippen LogP contribution < -0.4 is 15.4 Å². The summed E-state index contributed by atoms with van der Waals surface area (Å²) in [5, 5.41) is 5.37. The average Bonchev–Trinajstić information content (AvgIpc) is 2.50. The van der Waals surface area contributed by atoms with E-state index < -0.39 is 24.1 Å². The average molecular weight is 377 g/mol. The lowest BCUT2D eigenvalue weighted by atomic mass is 10.2. The molecule has 0 saturated carbocycles. The highest BCUT2D eigenvalue weighted by Gasteiger charge is 2.31. The molecule has 0 aromatic heterocycles. The highest BCUT2D eigenvalue weighted by Crippen LogP contribution is 2.24. The summed E-state index contributed by atoms with van der Waals surface area (Å²) in [5.74, 6) is -1.59. The van der Waals surface area contributed by atoms with E-state index in [0.717, 1.165) is 18.2 Å². The van der Waals surface area contributed by atoms with E-state index >= 15 is 0 Å². The van der Waals surface area contributed by atoms with Gasteiger partial charge in [0.05, 0.1) is 5.69 Å². The van der Waals surface area contributed by atoms with E-state index in [1.807, 2.05) is 0 Å². The molecule has 0 aliphatic carbocycles. The van der Waals surface area contributed by atoms with Crippen LogP contribution in [0.1, 0.15) is 6.92 Å². The Kier molecular flexibility index (Phi) is 5.73. The Hall–Kier alpha value is -2.48. The fraction of sp³-hybridized carbons (Fsp3) is 0.188. The van der Waals surface area contributed by atoms with Gasteiger partial charge in [0.15, 0.2) is 0 Å². The van der Waals surface area contributed by atoms with Crippen LogP contribution in [0.3, 0.4) is 0 Å². The summed E-state index contributed by atoms with van der Waals surface area (Å²) < 4.78 is 53.7.